The third-order valence-electron chi connectivity index (χ3n) is 3.50. The van der Waals surface area contributed by atoms with Gasteiger partial charge in [0.2, 0.25) is 0 Å². The van der Waals surface area contributed by atoms with Crippen LogP contribution in [0.5, 0.6) is 0 Å². The molecule has 0 unspecified atom stereocenters. The van der Waals surface area contributed by atoms with Gasteiger partial charge < -0.3 is 0 Å². The number of hydrogen-bond acceptors (Lipinski definition) is 1. The summed E-state index contributed by atoms with van der Waals surface area (Å²) in [6.45, 7) is 4.26. The van der Waals surface area contributed by atoms with Gasteiger partial charge in [-0.15, -0.1) is 0 Å². The summed E-state index contributed by atoms with van der Waals surface area (Å²) in [7, 11) is 0. The van der Waals surface area contributed by atoms with Crippen molar-refractivity contribution in [1.29, 1.82) is 0 Å². The van der Waals surface area contributed by atoms with Crippen molar-refractivity contribution < 1.29 is 4.39 Å². The smallest absolute Gasteiger partial charge is 0.123 e. The van der Waals surface area contributed by atoms with Crippen LogP contribution in [-0.2, 0) is 5.41 Å². The minimum absolute atomic E-state index is 0.176. The molecule has 2 heteroatoms. The lowest BCUT2D eigenvalue weighted by atomic mass is 9.79. The van der Waals surface area contributed by atoms with Crippen molar-refractivity contribution in [2.45, 2.75) is 19.3 Å². The van der Waals surface area contributed by atoms with Gasteiger partial charge in [-0.05, 0) is 29.3 Å². The van der Waals surface area contributed by atoms with Crippen molar-refractivity contribution in [3.8, 4) is 0 Å². The van der Waals surface area contributed by atoms with E-state index in [0.29, 0.717) is 0 Å². The SMILES string of the molecule is CC1(C)C(c2cccc(F)c2)=Nc2ccccc21. The van der Waals surface area contributed by atoms with E-state index in [4.69, 9.17) is 0 Å². The van der Waals surface area contributed by atoms with Crippen molar-refractivity contribution in [1.82, 2.24) is 0 Å². The minimum Gasteiger partial charge on any atom is -0.252 e. The van der Waals surface area contributed by atoms with E-state index < -0.39 is 0 Å². The molecule has 1 aliphatic rings. The predicted octanol–water partition coefficient (Wildman–Crippen LogP) is 4.24. The molecule has 90 valence electrons. The van der Waals surface area contributed by atoms with Gasteiger partial charge in [0.15, 0.2) is 0 Å². The van der Waals surface area contributed by atoms with E-state index >= 15 is 0 Å². The Hall–Kier alpha value is -1.96. The highest BCUT2D eigenvalue weighted by atomic mass is 19.1. The van der Waals surface area contributed by atoms with Crippen LogP contribution >= 0.6 is 0 Å². The normalized spacial score (nSPS) is 16.3. The van der Waals surface area contributed by atoms with Crippen molar-refractivity contribution in [2.75, 3.05) is 0 Å². The highest BCUT2D eigenvalue weighted by Crippen LogP contribution is 2.41. The number of halogens is 1. The molecular formula is C16H14FN. The fourth-order valence-electron chi connectivity index (χ4n) is 2.55. The molecular weight excluding hydrogens is 225 g/mol. The molecule has 2 aromatic rings. The van der Waals surface area contributed by atoms with Gasteiger partial charge in [0.25, 0.3) is 0 Å². The number of aliphatic imine (C=N–C) groups is 1. The number of nitrogens with zero attached hydrogens (tertiary/aromatic N) is 1. The molecule has 1 nitrogen and oxygen atoms in total. The largest absolute Gasteiger partial charge is 0.252 e. The Morgan fingerprint density at radius 1 is 1.00 bits per heavy atom. The van der Waals surface area contributed by atoms with Gasteiger partial charge in [0.05, 0.1) is 11.4 Å². The molecule has 0 saturated heterocycles. The molecule has 0 fully saturated rings. The van der Waals surface area contributed by atoms with E-state index in [1.165, 1.54) is 11.6 Å². The van der Waals surface area contributed by atoms with Crippen LogP contribution in [0.2, 0.25) is 0 Å². The first kappa shape index (κ1) is 11.1. The molecule has 0 spiro atoms. The van der Waals surface area contributed by atoms with Crippen LogP contribution in [0.25, 0.3) is 0 Å². The summed E-state index contributed by atoms with van der Waals surface area (Å²) < 4.78 is 13.3. The number of hydrogen-bond donors (Lipinski definition) is 0. The van der Waals surface area contributed by atoms with E-state index in [1.54, 1.807) is 12.1 Å². The Morgan fingerprint density at radius 3 is 2.50 bits per heavy atom. The molecule has 0 aliphatic carbocycles. The van der Waals surface area contributed by atoms with E-state index in [1.807, 2.05) is 24.3 Å². The highest BCUT2D eigenvalue weighted by molar-refractivity contribution is 6.12. The van der Waals surface area contributed by atoms with Gasteiger partial charge in [-0.3, -0.25) is 4.99 Å². The van der Waals surface area contributed by atoms with Gasteiger partial charge in [-0.25, -0.2) is 4.39 Å². The van der Waals surface area contributed by atoms with Crippen LogP contribution in [0.4, 0.5) is 10.1 Å². The lowest BCUT2D eigenvalue weighted by molar-refractivity contribution is 0.627. The average molecular weight is 239 g/mol. The van der Waals surface area contributed by atoms with E-state index in [2.05, 4.69) is 24.9 Å². The summed E-state index contributed by atoms with van der Waals surface area (Å²) in [4.78, 5) is 4.67. The first-order valence-corrected chi connectivity index (χ1v) is 6.03. The summed E-state index contributed by atoms with van der Waals surface area (Å²) in [6.07, 6.45) is 0. The van der Waals surface area contributed by atoms with Crippen LogP contribution in [0.15, 0.2) is 53.5 Å². The standard InChI is InChI=1S/C16H14FN/c1-16(2)13-8-3-4-9-14(13)18-15(16)11-6-5-7-12(17)10-11/h3-10H,1-2H3. The third-order valence-corrected chi connectivity index (χ3v) is 3.50. The Bertz CT molecular complexity index is 641. The number of rotatable bonds is 1. The fourth-order valence-corrected chi connectivity index (χ4v) is 2.55. The Labute approximate surface area is 106 Å². The van der Waals surface area contributed by atoms with Crippen LogP contribution in [0, 0.1) is 5.82 Å². The quantitative estimate of drug-likeness (QED) is 0.706. The minimum atomic E-state index is -0.220. The molecule has 0 saturated carbocycles. The van der Waals surface area contributed by atoms with Gasteiger partial charge in [0.1, 0.15) is 5.82 Å². The Morgan fingerprint density at radius 2 is 1.78 bits per heavy atom. The van der Waals surface area contributed by atoms with Crippen LogP contribution in [0.3, 0.4) is 0 Å². The number of fused-ring (bicyclic) bond motifs is 1. The summed E-state index contributed by atoms with van der Waals surface area (Å²) in [5.74, 6) is -0.220. The second kappa shape index (κ2) is 3.77. The van der Waals surface area contributed by atoms with E-state index in [0.717, 1.165) is 17.0 Å². The van der Waals surface area contributed by atoms with Crippen molar-refractivity contribution in [3.05, 3.63) is 65.5 Å². The topological polar surface area (TPSA) is 12.4 Å². The maximum Gasteiger partial charge on any atom is 0.123 e. The summed E-state index contributed by atoms with van der Waals surface area (Å²) in [5.41, 5.74) is 3.80. The fraction of sp³-hybridized carbons (Fsp3) is 0.188. The number of para-hydroxylation sites is 1. The van der Waals surface area contributed by atoms with E-state index in [9.17, 15) is 4.39 Å². The molecule has 0 radical (unpaired) electrons. The lowest BCUT2D eigenvalue weighted by Crippen LogP contribution is -2.26. The zero-order chi connectivity index (χ0) is 12.8. The van der Waals surface area contributed by atoms with Crippen molar-refractivity contribution in [2.24, 2.45) is 4.99 Å². The summed E-state index contributed by atoms with van der Waals surface area (Å²) in [6, 6.07) is 14.7. The van der Waals surface area contributed by atoms with Gasteiger partial charge >= 0.3 is 0 Å². The third kappa shape index (κ3) is 1.57. The molecule has 0 N–H and O–H groups in total. The Balaban J connectivity index is 2.16. The molecule has 2 aromatic carbocycles. The maximum absolute atomic E-state index is 13.3. The summed E-state index contributed by atoms with van der Waals surface area (Å²) in [5, 5.41) is 0. The highest BCUT2D eigenvalue weighted by Gasteiger charge is 2.35. The van der Waals surface area contributed by atoms with Gasteiger partial charge in [-0.2, -0.15) is 0 Å². The van der Waals surface area contributed by atoms with Crippen LogP contribution in [0.1, 0.15) is 25.0 Å². The molecule has 0 amide bonds. The first-order valence-electron chi connectivity index (χ1n) is 6.03. The van der Waals surface area contributed by atoms with Crippen LogP contribution < -0.4 is 0 Å². The maximum atomic E-state index is 13.3. The first-order chi connectivity index (χ1) is 8.59. The second-order valence-electron chi connectivity index (χ2n) is 5.11. The molecule has 18 heavy (non-hydrogen) atoms. The molecule has 1 aliphatic heterocycles. The average Bonchev–Trinajstić information content (AvgIpc) is 2.62. The zero-order valence-corrected chi connectivity index (χ0v) is 10.4. The Kier molecular flexibility index (Phi) is 2.34. The zero-order valence-electron chi connectivity index (χ0n) is 10.4. The monoisotopic (exact) mass is 239 g/mol. The predicted molar refractivity (Wildman–Crippen MR) is 72.1 cm³/mol. The molecule has 0 aromatic heterocycles. The van der Waals surface area contributed by atoms with Crippen LogP contribution in [-0.4, -0.2) is 5.71 Å². The second-order valence-corrected chi connectivity index (χ2v) is 5.11. The number of benzene rings is 2. The molecule has 0 bridgehead atoms. The summed E-state index contributed by atoms with van der Waals surface area (Å²) >= 11 is 0. The lowest BCUT2D eigenvalue weighted by Gasteiger charge is -2.22. The van der Waals surface area contributed by atoms with Crippen molar-refractivity contribution in [3.63, 3.8) is 0 Å². The van der Waals surface area contributed by atoms with Gasteiger partial charge in [0, 0.05) is 5.41 Å². The van der Waals surface area contributed by atoms with E-state index in [-0.39, 0.29) is 11.2 Å². The molecule has 0 atom stereocenters. The molecule has 3 rings (SSSR count). The molecule has 1 heterocycles. The van der Waals surface area contributed by atoms with Crippen molar-refractivity contribution >= 4 is 11.4 Å². The van der Waals surface area contributed by atoms with Gasteiger partial charge in [-0.1, -0.05) is 44.2 Å².